The molecule has 0 bridgehead atoms. The third-order valence-corrected chi connectivity index (χ3v) is 5.65. The average Bonchev–Trinajstić information content (AvgIpc) is 2.33. The standard InChI is InChI=1S/C15H16I/c1-13-7-5-6-10-15(13)16-12-11-14-8-3-2-4-9-14/h2-10H,11-12H2,1H3/q+1. The quantitative estimate of drug-likeness (QED) is 0.568. The molecule has 0 unspecified atom stereocenters. The van der Waals surface area contributed by atoms with E-state index in [0.29, 0.717) is 0 Å². The van der Waals surface area contributed by atoms with Crippen molar-refractivity contribution in [3.63, 3.8) is 0 Å². The Morgan fingerprint density at radius 1 is 0.875 bits per heavy atom. The molecule has 0 N–H and O–H groups in total. The molecular formula is C15H16I+. The molecule has 0 saturated heterocycles. The molecule has 82 valence electrons. The fourth-order valence-corrected chi connectivity index (χ4v) is 4.32. The molecule has 0 heterocycles. The van der Waals surface area contributed by atoms with E-state index in [0.717, 1.165) is 0 Å². The molecule has 0 aliphatic heterocycles. The van der Waals surface area contributed by atoms with Crippen molar-refractivity contribution < 1.29 is 21.2 Å². The highest BCUT2D eigenvalue weighted by atomic mass is 127. The first-order valence-electron chi connectivity index (χ1n) is 5.55. The fourth-order valence-electron chi connectivity index (χ4n) is 1.60. The van der Waals surface area contributed by atoms with Gasteiger partial charge in [-0.15, -0.1) is 0 Å². The maximum Gasteiger partial charge on any atom is 0.313 e. The van der Waals surface area contributed by atoms with Crippen LogP contribution in [0.1, 0.15) is 11.1 Å². The van der Waals surface area contributed by atoms with E-state index in [9.17, 15) is 0 Å². The molecule has 2 aromatic rings. The van der Waals surface area contributed by atoms with Crippen molar-refractivity contribution in [3.05, 3.63) is 69.3 Å². The summed E-state index contributed by atoms with van der Waals surface area (Å²) in [6, 6.07) is 19.6. The normalized spacial score (nSPS) is 10.3. The van der Waals surface area contributed by atoms with E-state index in [1.807, 2.05) is 0 Å². The van der Waals surface area contributed by atoms with Crippen LogP contribution in [0.2, 0.25) is 0 Å². The molecule has 0 fully saturated rings. The number of hydrogen-bond donors (Lipinski definition) is 0. The van der Waals surface area contributed by atoms with E-state index in [1.165, 1.54) is 22.0 Å². The highest BCUT2D eigenvalue weighted by molar-refractivity contribution is 5.15. The zero-order chi connectivity index (χ0) is 11.2. The summed E-state index contributed by atoms with van der Waals surface area (Å²) >= 11 is 0.179. The van der Waals surface area contributed by atoms with Gasteiger partial charge in [-0.1, -0.05) is 48.5 Å². The van der Waals surface area contributed by atoms with Crippen molar-refractivity contribution in [2.75, 3.05) is 4.43 Å². The third-order valence-electron chi connectivity index (χ3n) is 2.54. The van der Waals surface area contributed by atoms with Crippen molar-refractivity contribution in [1.29, 1.82) is 0 Å². The van der Waals surface area contributed by atoms with E-state index >= 15 is 0 Å². The zero-order valence-corrected chi connectivity index (χ0v) is 11.6. The molecule has 2 rings (SSSR count). The van der Waals surface area contributed by atoms with E-state index in [1.54, 1.807) is 3.57 Å². The lowest BCUT2D eigenvalue weighted by molar-refractivity contribution is -0.626. The van der Waals surface area contributed by atoms with Crippen LogP contribution in [-0.4, -0.2) is 4.43 Å². The van der Waals surface area contributed by atoms with Gasteiger partial charge in [0.2, 0.25) is 0 Å². The summed E-state index contributed by atoms with van der Waals surface area (Å²) in [6.45, 7) is 2.22. The van der Waals surface area contributed by atoms with Crippen LogP contribution in [0.5, 0.6) is 0 Å². The van der Waals surface area contributed by atoms with Gasteiger partial charge in [-0.25, -0.2) is 0 Å². The van der Waals surface area contributed by atoms with Gasteiger partial charge in [0, 0.05) is 12.0 Å². The minimum Gasteiger partial charge on any atom is -0.0622 e. The summed E-state index contributed by atoms with van der Waals surface area (Å²) in [7, 11) is 0. The van der Waals surface area contributed by atoms with E-state index < -0.39 is 0 Å². The van der Waals surface area contributed by atoms with Crippen molar-refractivity contribution in [2.24, 2.45) is 0 Å². The minimum absolute atomic E-state index is 0.179. The molecule has 0 aromatic heterocycles. The third kappa shape index (κ3) is 3.34. The Morgan fingerprint density at radius 2 is 1.56 bits per heavy atom. The van der Waals surface area contributed by atoms with E-state index in [4.69, 9.17) is 0 Å². The summed E-state index contributed by atoms with van der Waals surface area (Å²) < 4.78 is 2.94. The predicted molar refractivity (Wildman–Crippen MR) is 64.9 cm³/mol. The van der Waals surface area contributed by atoms with Gasteiger partial charge in [0.15, 0.2) is 8.00 Å². The Morgan fingerprint density at radius 3 is 2.31 bits per heavy atom. The van der Waals surface area contributed by atoms with Gasteiger partial charge >= 0.3 is 21.2 Å². The molecule has 16 heavy (non-hydrogen) atoms. The maximum atomic E-state index is 2.29. The Bertz CT molecular complexity index is 434. The van der Waals surface area contributed by atoms with Crippen LogP contribution in [0, 0.1) is 10.5 Å². The Kier molecular flexibility index (Phi) is 4.40. The Labute approximate surface area is 108 Å². The monoisotopic (exact) mass is 323 g/mol. The van der Waals surface area contributed by atoms with Crippen molar-refractivity contribution in [1.82, 2.24) is 0 Å². The Balaban J connectivity index is 1.87. The molecule has 1 heteroatoms. The van der Waals surface area contributed by atoms with E-state index in [2.05, 4.69) is 61.5 Å². The number of benzene rings is 2. The van der Waals surface area contributed by atoms with Gasteiger partial charge in [0.05, 0.1) is 0 Å². The predicted octanol–water partition coefficient (Wildman–Crippen LogP) is 0.496. The highest BCUT2D eigenvalue weighted by Crippen LogP contribution is 1.97. The van der Waals surface area contributed by atoms with Crippen molar-refractivity contribution >= 4 is 0 Å². The topological polar surface area (TPSA) is 0 Å². The lowest BCUT2D eigenvalue weighted by Gasteiger charge is -1.94. The molecule has 0 radical (unpaired) electrons. The van der Waals surface area contributed by atoms with Crippen LogP contribution in [0.25, 0.3) is 0 Å². The molecule has 0 spiro atoms. The largest absolute Gasteiger partial charge is 0.313 e. The fraction of sp³-hybridized carbons (Fsp3) is 0.200. The SMILES string of the molecule is Cc1ccccc1[I+]CCc1ccccc1. The number of rotatable bonds is 4. The second-order valence-corrected chi connectivity index (χ2v) is 6.81. The van der Waals surface area contributed by atoms with E-state index in [-0.39, 0.29) is 21.2 Å². The van der Waals surface area contributed by atoms with Gasteiger partial charge in [-0.3, -0.25) is 0 Å². The van der Waals surface area contributed by atoms with Gasteiger partial charge in [0.1, 0.15) is 0 Å². The van der Waals surface area contributed by atoms with Gasteiger partial charge < -0.3 is 0 Å². The number of alkyl halides is 1. The van der Waals surface area contributed by atoms with Crippen LogP contribution in [0.4, 0.5) is 0 Å². The molecule has 0 saturated carbocycles. The average molecular weight is 323 g/mol. The molecule has 0 atom stereocenters. The molecule has 0 aliphatic rings. The van der Waals surface area contributed by atoms with Crippen LogP contribution < -0.4 is 21.2 Å². The number of aryl methyl sites for hydroxylation is 2. The summed E-state index contributed by atoms with van der Waals surface area (Å²) in [5.41, 5.74) is 2.93. The summed E-state index contributed by atoms with van der Waals surface area (Å²) in [6.07, 6.45) is 1.22. The van der Waals surface area contributed by atoms with Gasteiger partial charge in [0.25, 0.3) is 0 Å². The first-order chi connectivity index (χ1) is 7.86. The lowest BCUT2D eigenvalue weighted by atomic mass is 10.2. The summed E-state index contributed by atoms with van der Waals surface area (Å²) in [5.74, 6) is 0. The second kappa shape index (κ2) is 6.04. The molecule has 0 nitrogen and oxygen atoms in total. The first kappa shape index (κ1) is 11.6. The van der Waals surface area contributed by atoms with Gasteiger partial charge in [-0.2, -0.15) is 0 Å². The van der Waals surface area contributed by atoms with Gasteiger partial charge in [-0.05, 0) is 18.6 Å². The van der Waals surface area contributed by atoms with Crippen LogP contribution in [0.3, 0.4) is 0 Å². The Hall–Kier alpha value is -0.830. The first-order valence-corrected chi connectivity index (χ1v) is 8.15. The molecule has 2 aromatic carbocycles. The zero-order valence-electron chi connectivity index (χ0n) is 9.49. The maximum absolute atomic E-state index is 2.29. The van der Waals surface area contributed by atoms with Crippen molar-refractivity contribution in [3.8, 4) is 0 Å². The van der Waals surface area contributed by atoms with Crippen LogP contribution in [0.15, 0.2) is 54.6 Å². The number of hydrogen-bond acceptors (Lipinski definition) is 0. The minimum atomic E-state index is 0.179. The summed E-state index contributed by atoms with van der Waals surface area (Å²) in [5, 5.41) is 0. The molecule has 0 amide bonds. The lowest BCUT2D eigenvalue weighted by Crippen LogP contribution is -3.63. The molecular weight excluding hydrogens is 307 g/mol. The molecule has 0 aliphatic carbocycles. The highest BCUT2D eigenvalue weighted by Gasteiger charge is 2.13. The second-order valence-electron chi connectivity index (χ2n) is 3.81. The smallest absolute Gasteiger partial charge is 0.0622 e. The van der Waals surface area contributed by atoms with Crippen molar-refractivity contribution in [2.45, 2.75) is 13.3 Å². The van der Waals surface area contributed by atoms with Crippen LogP contribution in [-0.2, 0) is 6.42 Å². The van der Waals surface area contributed by atoms with Crippen LogP contribution >= 0.6 is 0 Å². The number of halogens is 1. The summed E-state index contributed by atoms with van der Waals surface area (Å²) in [4.78, 5) is 0.